The predicted molar refractivity (Wildman–Crippen MR) is 28.6 cm³/mol. The highest BCUT2D eigenvalue weighted by Gasteiger charge is 1.84. The molecule has 0 fully saturated rings. The van der Waals surface area contributed by atoms with E-state index in [9.17, 15) is 4.79 Å². The summed E-state index contributed by atoms with van der Waals surface area (Å²) < 4.78 is 0. The summed E-state index contributed by atoms with van der Waals surface area (Å²) in [6.07, 6.45) is 0.497. The molecule has 0 rings (SSSR count). The lowest BCUT2D eigenvalue weighted by Gasteiger charge is -1.87. The normalized spacial score (nSPS) is 7.67. The van der Waals surface area contributed by atoms with E-state index in [0.717, 1.165) is 0 Å². The van der Waals surface area contributed by atoms with Gasteiger partial charge in [0.1, 0.15) is 0 Å². The molecule has 0 aromatic carbocycles. The summed E-state index contributed by atoms with van der Waals surface area (Å²) >= 11 is 0. The third-order valence-corrected chi connectivity index (χ3v) is 0.835. The van der Waals surface area contributed by atoms with Gasteiger partial charge in [-0.05, 0) is 0 Å². The fourth-order valence-electron chi connectivity index (χ4n) is 0.102. The summed E-state index contributed by atoms with van der Waals surface area (Å²) in [5, 5.41) is 2.45. The van der Waals surface area contributed by atoms with Crippen molar-refractivity contribution >= 4 is 15.1 Å². The van der Waals surface area contributed by atoms with Crippen molar-refractivity contribution in [1.82, 2.24) is 5.32 Å². The van der Waals surface area contributed by atoms with Crippen LogP contribution in [0, 0.1) is 0 Å². The van der Waals surface area contributed by atoms with Crippen LogP contribution in [0.4, 0.5) is 0 Å². The average molecular weight is 105 g/mol. The summed E-state index contributed by atoms with van der Waals surface area (Å²) in [4.78, 5) is 10.0. The minimum atomic E-state index is 0.0556. The molecule has 0 aromatic rings. The Morgan fingerprint density at radius 1 is 2.00 bits per heavy atom. The van der Waals surface area contributed by atoms with Crippen molar-refractivity contribution < 1.29 is 4.79 Å². The first-order valence-corrected chi connectivity index (χ1v) is 2.53. The number of carbonyl (C=O) groups is 1. The third-order valence-electron chi connectivity index (χ3n) is 0.464. The molecule has 0 bridgehead atoms. The molecule has 1 N–H and O–H groups in total. The van der Waals surface area contributed by atoms with Gasteiger partial charge >= 0.3 is 0 Å². The topological polar surface area (TPSA) is 29.1 Å². The lowest BCUT2D eigenvalue weighted by molar-refractivity contribution is -0.118. The highest BCUT2D eigenvalue weighted by Crippen LogP contribution is 1.74. The lowest BCUT2D eigenvalue weighted by atomic mass is 10.7. The largest absolute Gasteiger partial charge is 0.359 e. The van der Waals surface area contributed by atoms with Crippen molar-refractivity contribution in [3.8, 4) is 0 Å². The first-order chi connectivity index (χ1) is 2.81. The quantitative estimate of drug-likeness (QED) is 0.452. The smallest absolute Gasteiger partial charge is 0.223 e. The maximum absolute atomic E-state index is 10.0. The van der Waals surface area contributed by atoms with Crippen LogP contribution in [0.5, 0.6) is 0 Å². The number of hydrogen-bond donors (Lipinski definition) is 1. The molecule has 1 unspecified atom stereocenters. The Morgan fingerprint density at radius 3 is 2.50 bits per heavy atom. The molecule has 0 heterocycles. The predicted octanol–water partition coefficient (Wildman–Crippen LogP) is -0.393. The summed E-state index contributed by atoms with van der Waals surface area (Å²) in [6.45, 7) is 0. The fraction of sp³-hybridized carbons (Fsp3) is 0.667. The van der Waals surface area contributed by atoms with E-state index in [-0.39, 0.29) is 5.91 Å². The Bertz CT molecular complexity index is 48.8. The van der Waals surface area contributed by atoms with Gasteiger partial charge < -0.3 is 5.32 Å². The van der Waals surface area contributed by atoms with Crippen LogP contribution in [0.3, 0.4) is 0 Å². The molecule has 0 spiro atoms. The maximum Gasteiger partial charge on any atom is 0.223 e. The zero-order chi connectivity index (χ0) is 4.99. The fourth-order valence-corrected chi connectivity index (χ4v) is 0.306. The van der Waals surface area contributed by atoms with Crippen LogP contribution in [-0.4, -0.2) is 19.1 Å². The van der Waals surface area contributed by atoms with Gasteiger partial charge in [0, 0.05) is 13.2 Å². The molecule has 1 atom stereocenters. The SMILES string of the molecule is CNC(=O)CP. The summed E-state index contributed by atoms with van der Waals surface area (Å²) in [5.74, 6) is 0.0556. The van der Waals surface area contributed by atoms with Gasteiger partial charge in [0.15, 0.2) is 0 Å². The van der Waals surface area contributed by atoms with Crippen molar-refractivity contribution in [2.45, 2.75) is 0 Å². The van der Waals surface area contributed by atoms with E-state index in [1.807, 2.05) is 0 Å². The second-order valence-corrected chi connectivity index (χ2v) is 1.29. The van der Waals surface area contributed by atoms with E-state index < -0.39 is 0 Å². The lowest BCUT2D eigenvalue weighted by Crippen LogP contribution is -2.18. The highest BCUT2D eigenvalue weighted by atomic mass is 31.0. The number of rotatable bonds is 1. The van der Waals surface area contributed by atoms with E-state index in [1.165, 1.54) is 0 Å². The molecule has 0 aliphatic carbocycles. The van der Waals surface area contributed by atoms with E-state index >= 15 is 0 Å². The van der Waals surface area contributed by atoms with Gasteiger partial charge in [-0.1, -0.05) is 0 Å². The first kappa shape index (κ1) is 5.90. The van der Waals surface area contributed by atoms with Crippen LogP contribution >= 0.6 is 9.24 Å². The number of amides is 1. The van der Waals surface area contributed by atoms with Crippen LogP contribution in [0.2, 0.25) is 0 Å². The molecule has 0 radical (unpaired) electrons. The van der Waals surface area contributed by atoms with Crippen LogP contribution in [0.15, 0.2) is 0 Å². The minimum Gasteiger partial charge on any atom is -0.359 e. The Morgan fingerprint density at radius 2 is 2.50 bits per heavy atom. The van der Waals surface area contributed by atoms with Gasteiger partial charge in [0.25, 0.3) is 0 Å². The van der Waals surface area contributed by atoms with Crippen LogP contribution in [0.1, 0.15) is 0 Å². The van der Waals surface area contributed by atoms with Gasteiger partial charge in [-0.2, -0.15) is 0 Å². The standard InChI is InChI=1S/C3H8NOP/c1-4-3(5)2-6/h2,6H2,1H3,(H,4,5). The van der Waals surface area contributed by atoms with Gasteiger partial charge in [0.05, 0.1) is 0 Å². The average Bonchev–Trinajstić information content (AvgIpc) is 1.65. The number of hydrogen-bond acceptors (Lipinski definition) is 1. The van der Waals surface area contributed by atoms with E-state index in [0.29, 0.717) is 6.16 Å². The molecule has 6 heavy (non-hydrogen) atoms. The maximum atomic E-state index is 10.0. The Kier molecular flexibility index (Phi) is 3.05. The molecule has 1 amide bonds. The highest BCUT2D eigenvalue weighted by molar-refractivity contribution is 7.18. The van der Waals surface area contributed by atoms with Crippen LogP contribution in [-0.2, 0) is 4.79 Å². The first-order valence-electron chi connectivity index (χ1n) is 1.72. The van der Waals surface area contributed by atoms with Gasteiger partial charge in [-0.25, -0.2) is 0 Å². The molecule has 0 aromatic heterocycles. The summed E-state index contributed by atoms with van der Waals surface area (Å²) in [7, 11) is 3.94. The zero-order valence-electron chi connectivity index (χ0n) is 3.69. The molecular formula is C3H8NOP. The van der Waals surface area contributed by atoms with E-state index in [1.54, 1.807) is 7.05 Å². The number of carbonyl (C=O) groups excluding carboxylic acids is 1. The molecule has 2 nitrogen and oxygen atoms in total. The second kappa shape index (κ2) is 3.10. The molecule has 0 aliphatic heterocycles. The van der Waals surface area contributed by atoms with E-state index in [4.69, 9.17) is 0 Å². The van der Waals surface area contributed by atoms with Gasteiger partial charge in [-0.15, -0.1) is 9.24 Å². The van der Waals surface area contributed by atoms with Crippen molar-refractivity contribution in [3.05, 3.63) is 0 Å². The monoisotopic (exact) mass is 105 g/mol. The van der Waals surface area contributed by atoms with Gasteiger partial charge in [0.2, 0.25) is 5.91 Å². The third kappa shape index (κ3) is 2.16. The minimum absolute atomic E-state index is 0.0556. The molecule has 0 saturated carbocycles. The van der Waals surface area contributed by atoms with Crippen molar-refractivity contribution in [3.63, 3.8) is 0 Å². The van der Waals surface area contributed by atoms with Crippen molar-refractivity contribution in [1.29, 1.82) is 0 Å². The summed E-state index contributed by atoms with van der Waals surface area (Å²) in [6, 6.07) is 0. The number of nitrogens with one attached hydrogen (secondary N) is 1. The summed E-state index contributed by atoms with van der Waals surface area (Å²) in [5.41, 5.74) is 0. The van der Waals surface area contributed by atoms with Crippen molar-refractivity contribution in [2.75, 3.05) is 13.2 Å². The Balaban J connectivity index is 2.99. The molecule has 0 aliphatic rings. The molecule has 36 valence electrons. The Labute approximate surface area is 39.5 Å². The molecule has 0 saturated heterocycles. The van der Waals surface area contributed by atoms with Crippen LogP contribution in [0.25, 0.3) is 0 Å². The Hall–Kier alpha value is -0.100. The molecule has 3 heteroatoms. The second-order valence-electron chi connectivity index (χ2n) is 0.877. The van der Waals surface area contributed by atoms with Crippen molar-refractivity contribution in [2.24, 2.45) is 0 Å². The van der Waals surface area contributed by atoms with E-state index in [2.05, 4.69) is 14.6 Å². The zero-order valence-corrected chi connectivity index (χ0v) is 4.85. The van der Waals surface area contributed by atoms with Gasteiger partial charge in [-0.3, -0.25) is 4.79 Å². The molecular weight excluding hydrogens is 97.0 g/mol. The van der Waals surface area contributed by atoms with Crippen LogP contribution < -0.4 is 5.32 Å².